The van der Waals surface area contributed by atoms with Crippen LogP contribution in [0.1, 0.15) is 25.7 Å². The Morgan fingerprint density at radius 1 is 1.47 bits per heavy atom. The number of urea groups is 1. The fourth-order valence-electron chi connectivity index (χ4n) is 2.63. The Kier molecular flexibility index (Phi) is 3.96. The number of hydrogen-bond acceptors (Lipinski definition) is 4. The Balaban J connectivity index is 1.90. The maximum absolute atomic E-state index is 12.0. The van der Waals surface area contributed by atoms with Crippen LogP contribution < -0.4 is 5.32 Å². The van der Waals surface area contributed by atoms with Gasteiger partial charge in [0.25, 0.3) is 0 Å². The molecular formula is C12H20N2O5. The number of carboxylic acids is 1. The van der Waals surface area contributed by atoms with Gasteiger partial charge in [-0.05, 0) is 19.3 Å². The summed E-state index contributed by atoms with van der Waals surface area (Å²) in [6.07, 6.45) is 2.18. The lowest BCUT2D eigenvalue weighted by molar-refractivity contribution is -0.141. The number of β-amino-alcohol motifs (C(OH)–C–C–N with tert-alkyl or cyclic N) is 1. The van der Waals surface area contributed by atoms with E-state index in [1.807, 2.05) is 0 Å². The van der Waals surface area contributed by atoms with E-state index in [1.54, 1.807) is 7.11 Å². The molecule has 1 heterocycles. The molecule has 1 aliphatic heterocycles. The number of nitrogens with one attached hydrogen (secondary N) is 1. The van der Waals surface area contributed by atoms with E-state index in [2.05, 4.69) is 5.32 Å². The van der Waals surface area contributed by atoms with E-state index >= 15 is 0 Å². The van der Waals surface area contributed by atoms with Gasteiger partial charge < -0.3 is 25.2 Å². The average molecular weight is 272 g/mol. The van der Waals surface area contributed by atoms with Crippen molar-refractivity contribution in [2.75, 3.05) is 20.2 Å². The van der Waals surface area contributed by atoms with Gasteiger partial charge in [-0.2, -0.15) is 0 Å². The van der Waals surface area contributed by atoms with Crippen molar-refractivity contribution >= 4 is 12.0 Å². The molecule has 7 nitrogen and oxygen atoms in total. The van der Waals surface area contributed by atoms with Crippen molar-refractivity contribution < 1.29 is 24.5 Å². The van der Waals surface area contributed by atoms with Gasteiger partial charge in [0.1, 0.15) is 6.04 Å². The number of carboxylic acid groups (broad SMARTS) is 1. The first-order valence-electron chi connectivity index (χ1n) is 6.48. The lowest BCUT2D eigenvalue weighted by Gasteiger charge is -2.40. The second-order valence-corrected chi connectivity index (χ2v) is 5.30. The summed E-state index contributed by atoms with van der Waals surface area (Å²) >= 11 is 0. The highest BCUT2D eigenvalue weighted by Gasteiger charge is 2.41. The minimum atomic E-state index is -1.09. The predicted octanol–water partition coefficient (Wildman–Crippen LogP) is -0.215. The normalized spacial score (nSPS) is 28.8. The molecule has 1 unspecified atom stereocenters. The second kappa shape index (κ2) is 5.34. The third kappa shape index (κ3) is 2.82. The molecule has 7 heteroatoms. The van der Waals surface area contributed by atoms with Gasteiger partial charge in [-0.3, -0.25) is 0 Å². The maximum Gasteiger partial charge on any atom is 0.326 e. The molecule has 0 bridgehead atoms. The summed E-state index contributed by atoms with van der Waals surface area (Å²) in [7, 11) is 1.62. The Labute approximate surface area is 111 Å². The monoisotopic (exact) mass is 272 g/mol. The van der Waals surface area contributed by atoms with Crippen LogP contribution in [0.5, 0.6) is 0 Å². The van der Waals surface area contributed by atoms with E-state index in [-0.39, 0.29) is 18.6 Å². The minimum absolute atomic E-state index is 0.0583. The molecule has 3 N–H and O–H groups in total. The topological polar surface area (TPSA) is 99.1 Å². The molecule has 0 spiro atoms. The molecule has 1 saturated heterocycles. The number of carbonyl (C=O) groups is 2. The van der Waals surface area contributed by atoms with E-state index in [9.17, 15) is 14.7 Å². The number of rotatable bonds is 4. The molecule has 2 rings (SSSR count). The number of carbonyl (C=O) groups excluding carboxylic acids is 1. The Bertz CT molecular complexity index is 364. The number of aliphatic hydroxyl groups is 1. The van der Waals surface area contributed by atoms with Gasteiger partial charge in [0, 0.05) is 26.6 Å². The molecule has 0 aromatic heterocycles. The highest BCUT2D eigenvalue weighted by Crippen LogP contribution is 2.34. The van der Waals surface area contributed by atoms with Crippen molar-refractivity contribution in [3.63, 3.8) is 0 Å². The average Bonchev–Trinajstić information content (AvgIpc) is 2.70. The Morgan fingerprint density at radius 2 is 2.16 bits per heavy atom. The number of hydrogen-bond donors (Lipinski definition) is 3. The molecule has 2 aliphatic rings. The summed E-state index contributed by atoms with van der Waals surface area (Å²) < 4.78 is 5.38. The van der Waals surface area contributed by atoms with Gasteiger partial charge in [-0.25, -0.2) is 9.59 Å². The summed E-state index contributed by atoms with van der Waals surface area (Å²) in [5.74, 6) is -1.09. The van der Waals surface area contributed by atoms with Crippen LogP contribution in [-0.2, 0) is 9.53 Å². The zero-order valence-electron chi connectivity index (χ0n) is 11.0. The SMILES string of the molecule is COC1(CNC(=O)N2CC(O)C[C@H]2C(=O)O)CCC1. The first kappa shape index (κ1) is 14.1. The summed E-state index contributed by atoms with van der Waals surface area (Å²) in [6.45, 7) is 0.435. The molecule has 2 atom stereocenters. The Morgan fingerprint density at radius 3 is 2.63 bits per heavy atom. The van der Waals surface area contributed by atoms with Crippen molar-refractivity contribution in [1.82, 2.24) is 10.2 Å². The first-order chi connectivity index (χ1) is 8.97. The summed E-state index contributed by atoms with van der Waals surface area (Å²) in [6, 6.07) is -1.40. The molecule has 19 heavy (non-hydrogen) atoms. The minimum Gasteiger partial charge on any atom is -0.480 e. The molecule has 2 amide bonds. The van der Waals surface area contributed by atoms with Gasteiger partial charge in [0.05, 0.1) is 11.7 Å². The van der Waals surface area contributed by atoms with Gasteiger partial charge in [-0.15, -0.1) is 0 Å². The predicted molar refractivity (Wildman–Crippen MR) is 65.7 cm³/mol. The highest BCUT2D eigenvalue weighted by molar-refractivity contribution is 5.83. The molecule has 0 aromatic carbocycles. The third-order valence-corrected chi connectivity index (χ3v) is 4.08. The Hall–Kier alpha value is -1.34. The number of nitrogens with zero attached hydrogens (tertiary/aromatic N) is 1. The second-order valence-electron chi connectivity index (χ2n) is 5.30. The number of methoxy groups -OCH3 is 1. The van der Waals surface area contributed by atoms with Crippen molar-refractivity contribution in [2.45, 2.75) is 43.4 Å². The van der Waals surface area contributed by atoms with Crippen LogP contribution in [-0.4, -0.2) is 65.1 Å². The van der Waals surface area contributed by atoms with Crippen LogP contribution in [0.25, 0.3) is 0 Å². The fraction of sp³-hybridized carbons (Fsp3) is 0.833. The third-order valence-electron chi connectivity index (χ3n) is 4.08. The van der Waals surface area contributed by atoms with Gasteiger partial charge in [-0.1, -0.05) is 0 Å². The van der Waals surface area contributed by atoms with Crippen LogP contribution in [0.3, 0.4) is 0 Å². The van der Waals surface area contributed by atoms with Crippen molar-refractivity contribution in [3.05, 3.63) is 0 Å². The van der Waals surface area contributed by atoms with Crippen molar-refractivity contribution in [2.24, 2.45) is 0 Å². The first-order valence-corrected chi connectivity index (χ1v) is 6.48. The van der Waals surface area contributed by atoms with Crippen LogP contribution in [0.15, 0.2) is 0 Å². The van der Waals surface area contributed by atoms with Crippen LogP contribution in [0.2, 0.25) is 0 Å². The lowest BCUT2D eigenvalue weighted by atomic mass is 9.80. The molecule has 2 fully saturated rings. The van der Waals surface area contributed by atoms with Crippen molar-refractivity contribution in [3.8, 4) is 0 Å². The summed E-state index contributed by atoms with van der Waals surface area (Å²) in [5, 5.41) is 21.2. The molecule has 0 aromatic rings. The number of amides is 2. The van der Waals surface area contributed by atoms with E-state index in [0.717, 1.165) is 19.3 Å². The van der Waals surface area contributed by atoms with E-state index in [4.69, 9.17) is 9.84 Å². The molecule has 0 radical (unpaired) electrons. The smallest absolute Gasteiger partial charge is 0.326 e. The highest BCUT2D eigenvalue weighted by atomic mass is 16.5. The van der Waals surface area contributed by atoms with Gasteiger partial charge in [0.15, 0.2) is 0 Å². The number of ether oxygens (including phenoxy) is 1. The van der Waals surface area contributed by atoms with E-state index in [1.165, 1.54) is 4.90 Å². The molecular weight excluding hydrogens is 252 g/mol. The largest absolute Gasteiger partial charge is 0.480 e. The number of likely N-dealkylation sites (tertiary alicyclic amines) is 1. The van der Waals surface area contributed by atoms with Crippen LogP contribution in [0, 0.1) is 0 Å². The zero-order chi connectivity index (χ0) is 14.0. The summed E-state index contributed by atoms with van der Waals surface area (Å²) in [5.41, 5.74) is -0.299. The molecule has 108 valence electrons. The van der Waals surface area contributed by atoms with E-state index < -0.39 is 24.1 Å². The van der Waals surface area contributed by atoms with Crippen molar-refractivity contribution in [1.29, 1.82) is 0 Å². The fourth-order valence-corrected chi connectivity index (χ4v) is 2.63. The van der Waals surface area contributed by atoms with Gasteiger partial charge in [0.2, 0.25) is 0 Å². The van der Waals surface area contributed by atoms with Crippen LogP contribution in [0.4, 0.5) is 4.79 Å². The maximum atomic E-state index is 12.0. The zero-order valence-corrected chi connectivity index (χ0v) is 11.0. The van der Waals surface area contributed by atoms with E-state index in [0.29, 0.717) is 6.54 Å². The molecule has 1 saturated carbocycles. The quantitative estimate of drug-likeness (QED) is 0.657. The standard InChI is InChI=1S/C12H20N2O5/c1-19-12(3-2-4-12)7-13-11(18)14-6-8(15)5-9(14)10(16)17/h8-9,15H,2-7H2,1H3,(H,13,18)(H,16,17)/t8?,9-/m0/s1. The van der Waals surface area contributed by atoms with Gasteiger partial charge >= 0.3 is 12.0 Å². The number of aliphatic carboxylic acids is 1. The molecule has 1 aliphatic carbocycles. The summed E-state index contributed by atoms with van der Waals surface area (Å²) in [4.78, 5) is 24.2. The van der Waals surface area contributed by atoms with Crippen LogP contribution >= 0.6 is 0 Å². The lowest BCUT2D eigenvalue weighted by Crippen LogP contribution is -2.53. The number of aliphatic hydroxyl groups excluding tert-OH is 1.